The van der Waals surface area contributed by atoms with E-state index in [2.05, 4.69) is 5.16 Å². The maximum absolute atomic E-state index is 10.4. The summed E-state index contributed by atoms with van der Waals surface area (Å²) in [5.41, 5.74) is 1.37. The van der Waals surface area contributed by atoms with Gasteiger partial charge in [-0.2, -0.15) is 0 Å². The number of phenols is 1. The van der Waals surface area contributed by atoms with Crippen molar-refractivity contribution in [3.63, 3.8) is 0 Å². The van der Waals surface area contributed by atoms with Crippen molar-refractivity contribution in [1.29, 1.82) is 0 Å². The van der Waals surface area contributed by atoms with Crippen LogP contribution in [0.25, 0.3) is 11.3 Å². The molecule has 1 aromatic heterocycles. The monoisotopic (exact) mass is 261 g/mol. The van der Waals surface area contributed by atoms with Gasteiger partial charge < -0.3 is 14.7 Å². The van der Waals surface area contributed by atoms with Crippen LogP contribution in [0.5, 0.6) is 5.75 Å². The lowest BCUT2D eigenvalue weighted by molar-refractivity contribution is -0.137. The third-order valence-electron chi connectivity index (χ3n) is 2.80. The molecule has 2 N–H and O–H groups in total. The number of aromatic hydroxyl groups is 1. The van der Waals surface area contributed by atoms with E-state index in [9.17, 15) is 9.90 Å². The summed E-state index contributed by atoms with van der Waals surface area (Å²) in [5.74, 6) is -0.113. The molecule has 2 rings (SSSR count). The van der Waals surface area contributed by atoms with Crippen LogP contribution in [0.3, 0.4) is 0 Å². The summed E-state index contributed by atoms with van der Waals surface area (Å²) in [6.07, 6.45) is 2.21. The molecule has 0 atom stereocenters. The van der Waals surface area contributed by atoms with Crippen LogP contribution in [0.1, 0.15) is 25.0 Å². The average Bonchev–Trinajstić information content (AvgIpc) is 2.83. The molecule has 100 valence electrons. The lowest BCUT2D eigenvalue weighted by Crippen LogP contribution is -1.94. The summed E-state index contributed by atoms with van der Waals surface area (Å²) in [6.45, 7) is 0. The number of carboxylic acids is 1. The Bertz CT molecular complexity index is 562. The number of aliphatic carboxylic acids is 1. The maximum Gasteiger partial charge on any atom is 0.303 e. The number of phenolic OH excluding ortho intramolecular Hbond substituents is 1. The Balaban J connectivity index is 1.96. The molecule has 5 heteroatoms. The molecule has 0 aliphatic carbocycles. The first-order valence-electron chi connectivity index (χ1n) is 6.12. The minimum absolute atomic E-state index is 0.149. The van der Waals surface area contributed by atoms with Crippen LogP contribution in [0.15, 0.2) is 34.9 Å². The number of benzene rings is 1. The Hall–Kier alpha value is -2.30. The summed E-state index contributed by atoms with van der Waals surface area (Å²) in [6, 6.07) is 8.66. The molecule has 0 saturated carbocycles. The van der Waals surface area contributed by atoms with Gasteiger partial charge in [-0.3, -0.25) is 4.79 Å². The van der Waals surface area contributed by atoms with Crippen LogP contribution in [-0.4, -0.2) is 21.3 Å². The van der Waals surface area contributed by atoms with Gasteiger partial charge in [-0.25, -0.2) is 0 Å². The van der Waals surface area contributed by atoms with Crippen molar-refractivity contribution in [2.24, 2.45) is 0 Å². The molecule has 19 heavy (non-hydrogen) atoms. The summed E-state index contributed by atoms with van der Waals surface area (Å²) < 4.78 is 5.18. The van der Waals surface area contributed by atoms with Crippen LogP contribution >= 0.6 is 0 Å². The van der Waals surface area contributed by atoms with Crippen molar-refractivity contribution < 1.29 is 19.5 Å². The van der Waals surface area contributed by atoms with Crippen LogP contribution in [-0.2, 0) is 11.2 Å². The van der Waals surface area contributed by atoms with Crippen LogP contribution in [0.4, 0.5) is 0 Å². The Morgan fingerprint density at radius 2 is 2.05 bits per heavy atom. The second-order valence-electron chi connectivity index (χ2n) is 4.30. The predicted molar refractivity (Wildman–Crippen MR) is 68.8 cm³/mol. The number of carbonyl (C=O) groups is 1. The number of unbranched alkanes of at least 4 members (excludes halogenated alkanes) is 1. The molecule has 1 heterocycles. The van der Waals surface area contributed by atoms with Crippen molar-refractivity contribution in [2.45, 2.75) is 25.7 Å². The standard InChI is InChI=1S/C14H15NO4/c16-12-7-3-2-6-11(12)13-9-10(15-19-13)5-1-4-8-14(17)18/h2-3,6-7,9,16H,1,4-5,8H2,(H,17,18). The Labute approximate surface area is 110 Å². The van der Waals surface area contributed by atoms with Gasteiger partial charge in [0, 0.05) is 12.5 Å². The molecule has 0 bridgehead atoms. The van der Waals surface area contributed by atoms with Crippen molar-refractivity contribution >= 4 is 5.97 Å². The van der Waals surface area contributed by atoms with E-state index in [0.29, 0.717) is 24.2 Å². The number of aromatic nitrogens is 1. The number of carboxylic acid groups (broad SMARTS) is 1. The van der Waals surface area contributed by atoms with Gasteiger partial charge in [0.1, 0.15) is 5.75 Å². The van der Waals surface area contributed by atoms with E-state index < -0.39 is 5.97 Å². The number of nitrogens with zero attached hydrogens (tertiary/aromatic N) is 1. The van der Waals surface area contributed by atoms with Gasteiger partial charge in [-0.1, -0.05) is 17.3 Å². The van der Waals surface area contributed by atoms with E-state index in [0.717, 1.165) is 12.1 Å². The SMILES string of the molecule is O=C(O)CCCCc1cc(-c2ccccc2O)on1. The quantitative estimate of drug-likeness (QED) is 0.781. The van der Waals surface area contributed by atoms with Gasteiger partial charge in [0.05, 0.1) is 11.3 Å². The molecule has 0 fully saturated rings. The zero-order valence-electron chi connectivity index (χ0n) is 10.4. The summed E-state index contributed by atoms with van der Waals surface area (Å²) >= 11 is 0. The van der Waals surface area contributed by atoms with Gasteiger partial charge in [0.25, 0.3) is 0 Å². The second-order valence-corrected chi connectivity index (χ2v) is 4.30. The Morgan fingerprint density at radius 3 is 2.79 bits per heavy atom. The molecule has 1 aromatic carbocycles. The molecule has 2 aromatic rings. The van der Waals surface area contributed by atoms with E-state index in [1.807, 2.05) is 6.07 Å². The Morgan fingerprint density at radius 1 is 1.26 bits per heavy atom. The first-order chi connectivity index (χ1) is 9.16. The van der Waals surface area contributed by atoms with Gasteiger partial charge in [0.2, 0.25) is 0 Å². The van der Waals surface area contributed by atoms with Gasteiger partial charge in [0.15, 0.2) is 5.76 Å². The minimum atomic E-state index is -0.782. The molecule has 0 radical (unpaired) electrons. The summed E-state index contributed by atoms with van der Waals surface area (Å²) in [7, 11) is 0. The fraction of sp³-hybridized carbons (Fsp3) is 0.286. The molecule has 0 aliphatic heterocycles. The fourth-order valence-corrected chi connectivity index (χ4v) is 1.82. The molecule has 0 saturated heterocycles. The first kappa shape index (κ1) is 13.1. The number of hydrogen-bond acceptors (Lipinski definition) is 4. The number of aryl methyl sites for hydroxylation is 1. The number of rotatable bonds is 6. The van der Waals surface area contributed by atoms with Crippen molar-refractivity contribution in [2.75, 3.05) is 0 Å². The number of hydrogen-bond donors (Lipinski definition) is 2. The van der Waals surface area contributed by atoms with Crippen LogP contribution in [0, 0.1) is 0 Å². The van der Waals surface area contributed by atoms with Gasteiger partial charge >= 0.3 is 5.97 Å². The molecule has 0 spiro atoms. The van der Waals surface area contributed by atoms with Crippen LogP contribution in [0.2, 0.25) is 0 Å². The zero-order chi connectivity index (χ0) is 13.7. The third-order valence-corrected chi connectivity index (χ3v) is 2.80. The van der Waals surface area contributed by atoms with E-state index >= 15 is 0 Å². The van der Waals surface area contributed by atoms with E-state index in [4.69, 9.17) is 9.63 Å². The van der Waals surface area contributed by atoms with Gasteiger partial charge in [-0.15, -0.1) is 0 Å². The number of para-hydroxylation sites is 1. The molecular weight excluding hydrogens is 246 g/mol. The lowest BCUT2D eigenvalue weighted by atomic mass is 10.1. The molecule has 0 amide bonds. The highest BCUT2D eigenvalue weighted by Gasteiger charge is 2.10. The maximum atomic E-state index is 10.4. The van der Waals surface area contributed by atoms with Crippen molar-refractivity contribution in [3.8, 4) is 17.1 Å². The smallest absolute Gasteiger partial charge is 0.303 e. The molecule has 5 nitrogen and oxygen atoms in total. The largest absolute Gasteiger partial charge is 0.507 e. The van der Waals surface area contributed by atoms with Crippen molar-refractivity contribution in [3.05, 3.63) is 36.0 Å². The van der Waals surface area contributed by atoms with Gasteiger partial charge in [-0.05, 0) is 31.4 Å². The lowest BCUT2D eigenvalue weighted by Gasteiger charge is -1.97. The molecule has 0 unspecified atom stereocenters. The highest BCUT2D eigenvalue weighted by Crippen LogP contribution is 2.29. The topological polar surface area (TPSA) is 83.6 Å². The zero-order valence-corrected chi connectivity index (χ0v) is 10.4. The molecular formula is C14H15NO4. The minimum Gasteiger partial charge on any atom is -0.507 e. The second kappa shape index (κ2) is 6.04. The molecule has 0 aliphatic rings. The third kappa shape index (κ3) is 3.58. The highest BCUT2D eigenvalue weighted by atomic mass is 16.5. The highest BCUT2D eigenvalue weighted by molar-refractivity contribution is 5.66. The van der Waals surface area contributed by atoms with E-state index in [1.165, 1.54) is 0 Å². The predicted octanol–water partition coefficient (Wildman–Crippen LogP) is 2.84. The first-order valence-corrected chi connectivity index (χ1v) is 6.12. The average molecular weight is 261 g/mol. The fourth-order valence-electron chi connectivity index (χ4n) is 1.82. The van der Waals surface area contributed by atoms with Crippen LogP contribution < -0.4 is 0 Å². The Kier molecular flexibility index (Phi) is 4.18. The summed E-state index contributed by atoms with van der Waals surface area (Å²) in [5, 5.41) is 22.1. The van der Waals surface area contributed by atoms with E-state index in [1.54, 1.807) is 24.3 Å². The van der Waals surface area contributed by atoms with E-state index in [-0.39, 0.29) is 12.2 Å². The summed E-state index contributed by atoms with van der Waals surface area (Å²) in [4.78, 5) is 10.4. The van der Waals surface area contributed by atoms with Crippen molar-refractivity contribution in [1.82, 2.24) is 5.16 Å². The normalized spacial score (nSPS) is 10.5.